The van der Waals surface area contributed by atoms with Gasteiger partial charge in [0.05, 0.1) is 26.2 Å². The Labute approximate surface area is 333 Å². The number of benzene rings is 6. The molecule has 0 fully saturated rings. The largest absolute Gasteiger partial charge is 0.471 e. The van der Waals surface area contributed by atoms with Gasteiger partial charge in [-0.15, -0.1) is 0 Å². The van der Waals surface area contributed by atoms with E-state index < -0.39 is 24.4 Å². The number of nitrogens with one attached hydrogen (secondary N) is 1. The number of rotatable bonds is 13. The number of nitrogens with zero attached hydrogens (tertiary/aromatic N) is 2. The van der Waals surface area contributed by atoms with Crippen molar-refractivity contribution in [1.29, 1.82) is 0 Å². The van der Waals surface area contributed by atoms with Gasteiger partial charge in [-0.1, -0.05) is 121 Å². The van der Waals surface area contributed by atoms with Crippen molar-refractivity contribution in [2.45, 2.75) is 19.3 Å². The van der Waals surface area contributed by atoms with Crippen molar-refractivity contribution in [3.63, 3.8) is 0 Å². The Kier molecular flexibility index (Phi) is 14.6. The maximum Gasteiger partial charge on any atom is 0.471 e. The summed E-state index contributed by atoms with van der Waals surface area (Å²) < 4.78 is 36.7. The molecule has 0 atom stereocenters. The van der Waals surface area contributed by atoms with Crippen molar-refractivity contribution in [2.75, 3.05) is 22.9 Å². The third-order valence-corrected chi connectivity index (χ3v) is 8.75. The Morgan fingerprint density at radius 3 is 1.16 bits per heavy atom. The first-order chi connectivity index (χ1) is 27.9. The molecular weight excluding hydrogens is 746 g/mol. The Hall–Kier alpha value is -7.18. The highest BCUT2D eigenvalue weighted by Gasteiger charge is 2.38. The molecule has 6 rings (SSSR count). The lowest BCUT2D eigenvalue weighted by Crippen LogP contribution is -2.39. The number of anilines is 2. The number of hydrogen-bond donors (Lipinski definition) is 2. The summed E-state index contributed by atoms with van der Waals surface area (Å²) in [5.74, 6) is -3.20. The average Bonchev–Trinajstić information content (AvgIpc) is 3.27. The van der Waals surface area contributed by atoms with Crippen LogP contribution in [-0.2, 0) is 17.9 Å². The second-order valence-corrected chi connectivity index (χ2v) is 12.8. The van der Waals surface area contributed by atoms with E-state index in [1.165, 1.54) is 12.1 Å². The van der Waals surface area contributed by atoms with Gasteiger partial charge in [0, 0.05) is 33.6 Å². The van der Waals surface area contributed by atoms with E-state index in [1.54, 1.807) is 75.8 Å². The summed E-state index contributed by atoms with van der Waals surface area (Å²) in [5, 5.41) is 1.56. The molecule has 12 heteroatoms. The number of carbonyl (C=O) groups is 5. The number of Topliss-reactive ketones (excluding diaryl/α,β-unsaturated/α-hetero) is 2. The van der Waals surface area contributed by atoms with Gasteiger partial charge in [0.15, 0.2) is 11.6 Å². The predicted octanol–water partition coefficient (Wildman–Crippen LogP) is 8.07. The van der Waals surface area contributed by atoms with Crippen molar-refractivity contribution >= 4 is 40.7 Å². The molecular formula is C46H39F3N4O5. The predicted molar refractivity (Wildman–Crippen MR) is 216 cm³/mol. The van der Waals surface area contributed by atoms with Crippen LogP contribution in [0.5, 0.6) is 0 Å². The molecule has 58 heavy (non-hydrogen) atoms. The molecule has 0 unspecified atom stereocenters. The molecule has 0 aliphatic heterocycles. The van der Waals surface area contributed by atoms with Crippen molar-refractivity contribution in [2.24, 2.45) is 5.73 Å². The molecule has 294 valence electrons. The fourth-order valence-corrected chi connectivity index (χ4v) is 5.69. The van der Waals surface area contributed by atoms with Crippen molar-refractivity contribution in [3.05, 3.63) is 203 Å². The summed E-state index contributed by atoms with van der Waals surface area (Å²) in [5.41, 5.74) is 10.4. The van der Waals surface area contributed by atoms with E-state index in [4.69, 9.17) is 5.73 Å². The highest BCUT2D eigenvalue weighted by Crippen LogP contribution is 2.22. The minimum atomic E-state index is -5.05. The number of para-hydroxylation sites is 2. The summed E-state index contributed by atoms with van der Waals surface area (Å²) in [7, 11) is 0. The number of ketones is 2. The standard InChI is InChI=1S/C24H19F3N2O3.C22H20N2O2/c25-24(26,27)23(32)28-15-21(30)18-13-11-17(12-14-18)16-29(20-9-5-2-6-10-20)22(31)19-7-3-1-4-8-19;23-15-21(25)18-13-11-17(12-14-18)16-24(20-9-5-2-6-10-20)22(26)19-7-3-1-4-8-19/h1-14H,15-16H2,(H,28,32);1-14H,15-16,23H2. The summed E-state index contributed by atoms with van der Waals surface area (Å²) >= 11 is 0. The second-order valence-electron chi connectivity index (χ2n) is 12.8. The quantitative estimate of drug-likeness (QED) is 0.114. The zero-order chi connectivity index (χ0) is 41.5. The van der Waals surface area contributed by atoms with E-state index in [-0.39, 0.29) is 36.3 Å². The fourth-order valence-electron chi connectivity index (χ4n) is 5.69. The van der Waals surface area contributed by atoms with Crippen LogP contribution in [0.25, 0.3) is 0 Å². The number of nitrogens with two attached hydrogens (primary N) is 1. The van der Waals surface area contributed by atoms with Gasteiger partial charge in [-0.05, 0) is 59.7 Å². The van der Waals surface area contributed by atoms with Crippen LogP contribution in [0.4, 0.5) is 24.5 Å². The van der Waals surface area contributed by atoms with Crippen molar-refractivity contribution in [3.8, 4) is 0 Å². The van der Waals surface area contributed by atoms with Gasteiger partial charge in [-0.25, -0.2) is 0 Å². The lowest BCUT2D eigenvalue weighted by Gasteiger charge is -2.23. The highest BCUT2D eigenvalue weighted by atomic mass is 19.4. The van der Waals surface area contributed by atoms with E-state index in [0.717, 1.165) is 11.3 Å². The topological polar surface area (TPSA) is 130 Å². The van der Waals surface area contributed by atoms with Gasteiger partial charge in [0.2, 0.25) is 0 Å². The molecule has 0 aliphatic carbocycles. The van der Waals surface area contributed by atoms with Gasteiger partial charge in [0.1, 0.15) is 0 Å². The minimum absolute atomic E-state index is 0.0119. The van der Waals surface area contributed by atoms with Crippen LogP contribution in [0.15, 0.2) is 170 Å². The minimum Gasteiger partial charge on any atom is -0.341 e. The molecule has 0 heterocycles. The van der Waals surface area contributed by atoms with Crippen LogP contribution in [0, 0.1) is 0 Å². The zero-order valence-corrected chi connectivity index (χ0v) is 31.1. The van der Waals surface area contributed by atoms with Gasteiger partial charge in [-0.3, -0.25) is 24.0 Å². The summed E-state index contributed by atoms with van der Waals surface area (Å²) in [6.07, 6.45) is -5.05. The molecule has 6 aromatic carbocycles. The van der Waals surface area contributed by atoms with Crippen LogP contribution in [0.1, 0.15) is 52.6 Å². The van der Waals surface area contributed by atoms with E-state index in [2.05, 4.69) is 0 Å². The van der Waals surface area contributed by atoms with Gasteiger partial charge >= 0.3 is 12.1 Å². The third kappa shape index (κ3) is 11.7. The summed E-state index contributed by atoms with van der Waals surface area (Å²) in [6.45, 7) is -0.145. The molecule has 0 radical (unpaired) electrons. The van der Waals surface area contributed by atoms with Crippen LogP contribution in [-0.4, -0.2) is 48.6 Å². The van der Waals surface area contributed by atoms with E-state index in [0.29, 0.717) is 34.5 Å². The Morgan fingerprint density at radius 2 is 0.810 bits per heavy atom. The first kappa shape index (κ1) is 42.0. The van der Waals surface area contributed by atoms with Gasteiger partial charge in [-0.2, -0.15) is 13.2 Å². The number of carbonyl (C=O) groups excluding carboxylic acids is 5. The lowest BCUT2D eigenvalue weighted by atomic mass is 10.1. The first-order valence-electron chi connectivity index (χ1n) is 18.1. The monoisotopic (exact) mass is 784 g/mol. The first-order valence-corrected chi connectivity index (χ1v) is 18.1. The van der Waals surface area contributed by atoms with Crippen LogP contribution < -0.4 is 20.9 Å². The molecule has 0 spiro atoms. The molecule has 3 amide bonds. The van der Waals surface area contributed by atoms with E-state index in [9.17, 15) is 37.1 Å². The zero-order valence-electron chi connectivity index (χ0n) is 31.1. The second kappa shape index (κ2) is 20.1. The molecule has 6 aromatic rings. The molecule has 0 saturated carbocycles. The van der Waals surface area contributed by atoms with E-state index >= 15 is 0 Å². The van der Waals surface area contributed by atoms with Crippen molar-refractivity contribution in [1.82, 2.24) is 5.32 Å². The molecule has 0 aromatic heterocycles. The smallest absolute Gasteiger partial charge is 0.341 e. The van der Waals surface area contributed by atoms with Crippen molar-refractivity contribution < 1.29 is 37.1 Å². The molecule has 0 bridgehead atoms. The summed E-state index contributed by atoms with van der Waals surface area (Å²) in [6, 6.07) is 50.0. The number of amides is 3. The lowest BCUT2D eigenvalue weighted by molar-refractivity contribution is -0.173. The van der Waals surface area contributed by atoms with Crippen LogP contribution in [0.3, 0.4) is 0 Å². The van der Waals surface area contributed by atoms with Gasteiger partial charge < -0.3 is 20.9 Å². The Bertz CT molecular complexity index is 2290. The maximum atomic E-state index is 13.1. The van der Waals surface area contributed by atoms with Gasteiger partial charge in [0.25, 0.3) is 11.8 Å². The number of alkyl halides is 3. The van der Waals surface area contributed by atoms with E-state index in [1.807, 2.05) is 97.1 Å². The molecule has 0 saturated heterocycles. The summed E-state index contributed by atoms with van der Waals surface area (Å²) in [4.78, 5) is 64.1. The van der Waals surface area contributed by atoms with Crippen LogP contribution in [0.2, 0.25) is 0 Å². The normalized spacial score (nSPS) is 10.7. The third-order valence-electron chi connectivity index (χ3n) is 8.75. The Balaban J connectivity index is 0.000000226. The molecule has 9 nitrogen and oxygen atoms in total. The molecule has 0 aliphatic rings. The van der Waals surface area contributed by atoms with Crippen LogP contribution >= 0.6 is 0 Å². The number of halogens is 3. The molecule has 3 N–H and O–H groups in total. The fraction of sp³-hybridized carbons (Fsp3) is 0.109. The average molecular weight is 785 g/mol. The number of hydrogen-bond acceptors (Lipinski definition) is 6. The maximum absolute atomic E-state index is 13.1. The Morgan fingerprint density at radius 1 is 0.466 bits per heavy atom. The highest BCUT2D eigenvalue weighted by molar-refractivity contribution is 6.07. The SMILES string of the molecule is NCC(=O)c1ccc(CN(C(=O)c2ccccc2)c2ccccc2)cc1.O=C(CNC(=O)C(F)(F)F)c1ccc(CN(C(=O)c2ccccc2)c2ccccc2)cc1.